The predicted molar refractivity (Wildman–Crippen MR) is 111 cm³/mol. The molecule has 1 heterocycles. The molecular formula is C23H23N3. The van der Waals surface area contributed by atoms with Crippen molar-refractivity contribution >= 4 is 23.8 Å². The summed E-state index contributed by atoms with van der Waals surface area (Å²) >= 11 is 0. The Bertz CT molecular complexity index is 908. The molecule has 3 nitrogen and oxygen atoms in total. The van der Waals surface area contributed by atoms with Crippen molar-refractivity contribution in [3.05, 3.63) is 88.2 Å². The average molecular weight is 341 g/mol. The summed E-state index contributed by atoms with van der Waals surface area (Å²) in [7, 11) is 0. The third-order valence-corrected chi connectivity index (χ3v) is 4.17. The van der Waals surface area contributed by atoms with Gasteiger partial charge < -0.3 is 0 Å². The monoisotopic (exact) mass is 341 g/mol. The van der Waals surface area contributed by atoms with Crippen LogP contribution in [0.3, 0.4) is 0 Å². The molecule has 0 aliphatic rings. The third-order valence-electron chi connectivity index (χ3n) is 4.17. The van der Waals surface area contributed by atoms with Crippen molar-refractivity contribution in [3.63, 3.8) is 0 Å². The zero-order valence-electron chi connectivity index (χ0n) is 15.7. The van der Waals surface area contributed by atoms with Gasteiger partial charge in [-0.3, -0.25) is 9.98 Å². The Morgan fingerprint density at radius 1 is 0.654 bits per heavy atom. The lowest BCUT2D eigenvalue weighted by molar-refractivity contribution is 1.27. The quantitative estimate of drug-likeness (QED) is 0.551. The van der Waals surface area contributed by atoms with Gasteiger partial charge in [-0.15, -0.1) is 0 Å². The van der Waals surface area contributed by atoms with Gasteiger partial charge in [0.15, 0.2) is 0 Å². The van der Waals surface area contributed by atoms with Gasteiger partial charge in [0, 0.05) is 0 Å². The fourth-order valence-electron chi connectivity index (χ4n) is 2.78. The van der Waals surface area contributed by atoms with Crippen LogP contribution in [0, 0.1) is 27.7 Å². The van der Waals surface area contributed by atoms with Gasteiger partial charge in [-0.1, -0.05) is 41.5 Å². The van der Waals surface area contributed by atoms with E-state index in [2.05, 4.69) is 66.9 Å². The van der Waals surface area contributed by atoms with E-state index in [4.69, 9.17) is 0 Å². The predicted octanol–water partition coefficient (Wildman–Crippen LogP) is 5.82. The van der Waals surface area contributed by atoms with Gasteiger partial charge in [0.25, 0.3) is 0 Å². The van der Waals surface area contributed by atoms with Crippen LogP contribution in [0.25, 0.3) is 0 Å². The van der Waals surface area contributed by atoms with E-state index in [9.17, 15) is 0 Å². The van der Waals surface area contributed by atoms with E-state index >= 15 is 0 Å². The lowest BCUT2D eigenvalue weighted by Gasteiger charge is -2.02. The normalized spacial score (nSPS) is 11.5. The van der Waals surface area contributed by atoms with E-state index in [1.165, 1.54) is 11.1 Å². The van der Waals surface area contributed by atoms with Crippen molar-refractivity contribution in [2.45, 2.75) is 27.7 Å². The highest BCUT2D eigenvalue weighted by Gasteiger charge is 1.98. The highest BCUT2D eigenvalue weighted by atomic mass is 14.8. The number of pyridine rings is 1. The lowest BCUT2D eigenvalue weighted by Crippen LogP contribution is -1.93. The third kappa shape index (κ3) is 4.51. The standard InChI is InChI=1S/C23H23N3/c1-16-8-10-22(18(3)12-16)24-14-20-6-5-7-21(26-20)15-25-23-11-9-17(2)13-19(23)4/h5-15H,1-4H3. The molecule has 0 saturated heterocycles. The van der Waals surface area contributed by atoms with Crippen molar-refractivity contribution in [2.24, 2.45) is 9.98 Å². The summed E-state index contributed by atoms with van der Waals surface area (Å²) < 4.78 is 0. The fraction of sp³-hybridized carbons (Fsp3) is 0.174. The lowest BCUT2D eigenvalue weighted by atomic mass is 10.1. The van der Waals surface area contributed by atoms with Crippen LogP contribution in [0.15, 0.2) is 64.6 Å². The zero-order valence-corrected chi connectivity index (χ0v) is 15.7. The van der Waals surface area contributed by atoms with Crippen LogP contribution in [-0.4, -0.2) is 17.4 Å². The van der Waals surface area contributed by atoms with Gasteiger partial charge in [0.05, 0.1) is 35.2 Å². The van der Waals surface area contributed by atoms with Gasteiger partial charge >= 0.3 is 0 Å². The van der Waals surface area contributed by atoms with Gasteiger partial charge in [-0.2, -0.15) is 0 Å². The number of rotatable bonds is 4. The number of aryl methyl sites for hydroxylation is 4. The SMILES string of the molecule is Cc1ccc(N=Cc2cccc(C=Nc3ccc(C)cc3C)n2)c(C)c1. The van der Waals surface area contributed by atoms with Gasteiger partial charge in [0.2, 0.25) is 0 Å². The topological polar surface area (TPSA) is 37.6 Å². The molecule has 2 aromatic carbocycles. The number of aliphatic imine (C=N–C) groups is 2. The Morgan fingerprint density at radius 3 is 1.54 bits per heavy atom. The Hall–Kier alpha value is -3.07. The van der Waals surface area contributed by atoms with E-state index in [-0.39, 0.29) is 0 Å². The molecule has 0 N–H and O–H groups in total. The molecular weight excluding hydrogens is 318 g/mol. The number of nitrogens with zero attached hydrogens (tertiary/aromatic N) is 3. The summed E-state index contributed by atoms with van der Waals surface area (Å²) in [5.41, 5.74) is 8.36. The van der Waals surface area contributed by atoms with Crippen LogP contribution >= 0.6 is 0 Å². The van der Waals surface area contributed by atoms with Crippen LogP contribution in [0.5, 0.6) is 0 Å². The molecule has 0 fully saturated rings. The molecule has 0 aliphatic heterocycles. The van der Waals surface area contributed by atoms with Crippen LogP contribution < -0.4 is 0 Å². The molecule has 3 rings (SSSR count). The van der Waals surface area contributed by atoms with Crippen molar-refractivity contribution < 1.29 is 0 Å². The van der Waals surface area contributed by atoms with Crippen molar-refractivity contribution in [1.29, 1.82) is 0 Å². The summed E-state index contributed by atoms with van der Waals surface area (Å²) in [4.78, 5) is 13.7. The van der Waals surface area contributed by atoms with E-state index in [0.717, 1.165) is 33.9 Å². The van der Waals surface area contributed by atoms with E-state index in [1.807, 2.05) is 30.3 Å². The molecule has 130 valence electrons. The summed E-state index contributed by atoms with van der Waals surface area (Å²) in [6.07, 6.45) is 3.60. The number of hydrogen-bond acceptors (Lipinski definition) is 3. The maximum absolute atomic E-state index is 4.60. The molecule has 0 amide bonds. The minimum atomic E-state index is 0.814. The van der Waals surface area contributed by atoms with Crippen molar-refractivity contribution in [2.75, 3.05) is 0 Å². The molecule has 0 spiro atoms. The Balaban J connectivity index is 1.79. The number of benzene rings is 2. The molecule has 3 heteroatoms. The molecule has 3 aromatic rings. The molecule has 0 aliphatic carbocycles. The highest BCUT2D eigenvalue weighted by Crippen LogP contribution is 2.20. The second-order valence-electron chi connectivity index (χ2n) is 6.58. The first-order chi connectivity index (χ1) is 12.5. The van der Waals surface area contributed by atoms with Gasteiger partial charge in [-0.25, -0.2) is 4.98 Å². The molecule has 0 radical (unpaired) electrons. The van der Waals surface area contributed by atoms with Gasteiger partial charge in [-0.05, 0) is 63.1 Å². The molecule has 1 aromatic heterocycles. The summed E-state index contributed by atoms with van der Waals surface area (Å²) in [6, 6.07) is 18.3. The molecule has 0 bridgehead atoms. The number of aromatic nitrogens is 1. The second-order valence-corrected chi connectivity index (χ2v) is 6.58. The smallest absolute Gasteiger partial charge is 0.0820 e. The maximum atomic E-state index is 4.60. The molecule has 0 unspecified atom stereocenters. The minimum Gasteiger partial charge on any atom is -0.254 e. The van der Waals surface area contributed by atoms with Crippen LogP contribution in [0.1, 0.15) is 33.6 Å². The summed E-state index contributed by atoms with van der Waals surface area (Å²) in [6.45, 7) is 8.31. The molecule has 0 saturated carbocycles. The zero-order chi connectivity index (χ0) is 18.5. The Morgan fingerprint density at radius 2 is 1.12 bits per heavy atom. The first-order valence-corrected chi connectivity index (χ1v) is 8.71. The molecule has 26 heavy (non-hydrogen) atoms. The van der Waals surface area contributed by atoms with Crippen LogP contribution in [-0.2, 0) is 0 Å². The van der Waals surface area contributed by atoms with Crippen molar-refractivity contribution in [3.8, 4) is 0 Å². The second kappa shape index (κ2) is 7.87. The first-order valence-electron chi connectivity index (χ1n) is 8.71. The Kier molecular flexibility index (Phi) is 5.37. The largest absolute Gasteiger partial charge is 0.254 e. The first kappa shape index (κ1) is 17.7. The highest BCUT2D eigenvalue weighted by molar-refractivity contribution is 5.84. The van der Waals surface area contributed by atoms with Crippen LogP contribution in [0.2, 0.25) is 0 Å². The van der Waals surface area contributed by atoms with Gasteiger partial charge in [0.1, 0.15) is 0 Å². The van der Waals surface area contributed by atoms with E-state index in [0.29, 0.717) is 0 Å². The fourth-order valence-corrected chi connectivity index (χ4v) is 2.78. The van der Waals surface area contributed by atoms with E-state index < -0.39 is 0 Å². The number of hydrogen-bond donors (Lipinski definition) is 0. The maximum Gasteiger partial charge on any atom is 0.0820 e. The summed E-state index contributed by atoms with van der Waals surface area (Å²) in [5, 5.41) is 0. The van der Waals surface area contributed by atoms with E-state index in [1.54, 1.807) is 12.4 Å². The molecule has 0 atom stereocenters. The average Bonchev–Trinajstić information content (AvgIpc) is 2.61. The van der Waals surface area contributed by atoms with Crippen LogP contribution in [0.4, 0.5) is 11.4 Å². The minimum absolute atomic E-state index is 0.814. The Labute approximate surface area is 155 Å². The summed E-state index contributed by atoms with van der Waals surface area (Å²) in [5.74, 6) is 0. The van der Waals surface area contributed by atoms with Crippen molar-refractivity contribution in [1.82, 2.24) is 4.98 Å².